The predicted octanol–water partition coefficient (Wildman–Crippen LogP) is 3.13. The highest BCUT2D eigenvalue weighted by Crippen LogP contribution is 2.23. The molecule has 62 valence electrons. The maximum Gasteiger partial charge on any atom is 0.140 e. The van der Waals surface area contributed by atoms with Crippen molar-refractivity contribution in [2.75, 3.05) is 0 Å². The van der Waals surface area contributed by atoms with Gasteiger partial charge in [-0.25, -0.2) is 4.98 Å². The van der Waals surface area contributed by atoms with E-state index in [1.165, 1.54) is 3.57 Å². The Morgan fingerprint density at radius 2 is 2.33 bits per heavy atom. The van der Waals surface area contributed by atoms with Gasteiger partial charge in [-0.3, -0.25) is 0 Å². The van der Waals surface area contributed by atoms with Crippen LogP contribution in [-0.4, -0.2) is 9.97 Å². The topological polar surface area (TPSA) is 28.7 Å². The minimum absolute atomic E-state index is 0.570. The summed E-state index contributed by atoms with van der Waals surface area (Å²) in [6.07, 6.45) is 1.92. The monoisotopic (exact) mass is 292 g/mol. The van der Waals surface area contributed by atoms with Gasteiger partial charge >= 0.3 is 0 Å². The van der Waals surface area contributed by atoms with Gasteiger partial charge < -0.3 is 4.98 Å². The van der Waals surface area contributed by atoms with E-state index in [2.05, 4.69) is 32.6 Å². The van der Waals surface area contributed by atoms with Crippen LogP contribution < -0.4 is 0 Å². The third kappa shape index (κ3) is 1.21. The van der Waals surface area contributed by atoms with Crippen molar-refractivity contribution in [3.63, 3.8) is 0 Å². The highest BCUT2D eigenvalue weighted by atomic mass is 127. The van der Waals surface area contributed by atoms with E-state index in [1.54, 1.807) is 0 Å². The second-order valence-corrected chi connectivity index (χ2v) is 4.15. The normalized spacial score (nSPS) is 10.9. The van der Waals surface area contributed by atoms with Crippen LogP contribution in [0.2, 0.25) is 5.15 Å². The molecule has 0 spiro atoms. The van der Waals surface area contributed by atoms with Gasteiger partial charge in [-0.2, -0.15) is 0 Å². The zero-order valence-electron chi connectivity index (χ0n) is 6.36. The van der Waals surface area contributed by atoms with Crippen LogP contribution in [0, 0.1) is 10.5 Å². The van der Waals surface area contributed by atoms with E-state index in [0.717, 1.165) is 16.6 Å². The molecule has 2 rings (SSSR count). The molecule has 0 amide bonds. The molecule has 2 aromatic heterocycles. The van der Waals surface area contributed by atoms with Crippen molar-refractivity contribution < 1.29 is 0 Å². The van der Waals surface area contributed by atoms with Gasteiger partial charge in [0.2, 0.25) is 0 Å². The Morgan fingerprint density at radius 1 is 1.58 bits per heavy atom. The molecule has 0 aliphatic carbocycles. The molecule has 0 fully saturated rings. The Balaban J connectivity index is 2.87. The highest BCUT2D eigenvalue weighted by molar-refractivity contribution is 14.1. The SMILES string of the molecule is Cc1cc2c(I)c[nH]c2nc1Cl. The Kier molecular flexibility index (Phi) is 2.00. The molecule has 2 aromatic rings. The lowest BCUT2D eigenvalue weighted by Gasteiger charge is -1.96. The standard InChI is InChI=1S/C8H6ClIN2/c1-4-2-5-6(10)3-11-8(5)12-7(4)9/h2-3H,1H3,(H,11,12). The Labute approximate surface area is 88.5 Å². The maximum absolute atomic E-state index is 5.86. The third-order valence-electron chi connectivity index (χ3n) is 1.74. The summed E-state index contributed by atoms with van der Waals surface area (Å²) in [5.74, 6) is 0. The number of fused-ring (bicyclic) bond motifs is 1. The largest absolute Gasteiger partial charge is 0.345 e. The summed E-state index contributed by atoms with van der Waals surface area (Å²) in [6.45, 7) is 1.96. The fourth-order valence-corrected chi connectivity index (χ4v) is 1.80. The lowest BCUT2D eigenvalue weighted by atomic mass is 10.2. The number of halogens is 2. The van der Waals surface area contributed by atoms with Crippen LogP contribution in [0.15, 0.2) is 12.3 Å². The van der Waals surface area contributed by atoms with Crippen molar-refractivity contribution in [1.82, 2.24) is 9.97 Å². The number of rotatable bonds is 0. The number of hydrogen-bond acceptors (Lipinski definition) is 1. The van der Waals surface area contributed by atoms with Crippen LogP contribution in [0.4, 0.5) is 0 Å². The van der Waals surface area contributed by atoms with Gasteiger partial charge in [0, 0.05) is 15.2 Å². The molecule has 4 heteroatoms. The van der Waals surface area contributed by atoms with E-state index >= 15 is 0 Å². The van der Waals surface area contributed by atoms with Gasteiger partial charge in [-0.15, -0.1) is 0 Å². The molecule has 0 saturated heterocycles. The Morgan fingerprint density at radius 3 is 3.08 bits per heavy atom. The van der Waals surface area contributed by atoms with Crippen LogP contribution >= 0.6 is 34.2 Å². The molecule has 12 heavy (non-hydrogen) atoms. The summed E-state index contributed by atoms with van der Waals surface area (Å²) < 4.78 is 1.18. The minimum Gasteiger partial charge on any atom is -0.345 e. The summed E-state index contributed by atoms with van der Waals surface area (Å²) in [6, 6.07) is 2.04. The second-order valence-electron chi connectivity index (χ2n) is 2.63. The van der Waals surface area contributed by atoms with Crippen molar-refractivity contribution >= 4 is 45.2 Å². The van der Waals surface area contributed by atoms with Crippen LogP contribution in [0.25, 0.3) is 11.0 Å². The molecule has 2 heterocycles. The number of hydrogen-bond donors (Lipinski definition) is 1. The van der Waals surface area contributed by atoms with Crippen molar-refractivity contribution in [1.29, 1.82) is 0 Å². The number of H-pyrrole nitrogens is 1. The fraction of sp³-hybridized carbons (Fsp3) is 0.125. The molecular weight excluding hydrogens is 286 g/mol. The van der Waals surface area contributed by atoms with Crippen molar-refractivity contribution in [2.24, 2.45) is 0 Å². The van der Waals surface area contributed by atoms with Gasteiger partial charge in [0.15, 0.2) is 0 Å². The molecule has 1 N–H and O–H groups in total. The third-order valence-corrected chi connectivity index (χ3v) is 3.02. The number of aromatic nitrogens is 2. The lowest BCUT2D eigenvalue weighted by Crippen LogP contribution is -1.82. The molecule has 0 aromatic carbocycles. The molecule has 0 aliphatic heterocycles. The fourth-order valence-electron chi connectivity index (χ4n) is 1.09. The van der Waals surface area contributed by atoms with E-state index in [-0.39, 0.29) is 0 Å². The summed E-state index contributed by atoms with van der Waals surface area (Å²) >= 11 is 8.13. The van der Waals surface area contributed by atoms with Gasteiger partial charge in [-0.1, -0.05) is 11.6 Å². The van der Waals surface area contributed by atoms with Crippen molar-refractivity contribution in [3.05, 3.63) is 26.5 Å². The molecule has 0 atom stereocenters. The molecule has 0 bridgehead atoms. The summed E-state index contributed by atoms with van der Waals surface area (Å²) in [4.78, 5) is 7.25. The second kappa shape index (κ2) is 2.88. The molecule has 0 aliphatic rings. The van der Waals surface area contributed by atoms with E-state index in [0.29, 0.717) is 5.15 Å². The minimum atomic E-state index is 0.570. The smallest absolute Gasteiger partial charge is 0.140 e. The molecular formula is C8H6ClIN2. The predicted molar refractivity (Wildman–Crippen MR) is 58.6 cm³/mol. The molecule has 0 radical (unpaired) electrons. The van der Waals surface area contributed by atoms with E-state index < -0.39 is 0 Å². The van der Waals surface area contributed by atoms with Gasteiger partial charge in [-0.05, 0) is 41.1 Å². The quantitative estimate of drug-likeness (QED) is 0.586. The average Bonchev–Trinajstić information content (AvgIpc) is 2.35. The van der Waals surface area contributed by atoms with E-state index in [4.69, 9.17) is 11.6 Å². The van der Waals surface area contributed by atoms with Crippen LogP contribution in [-0.2, 0) is 0 Å². The van der Waals surface area contributed by atoms with Crippen LogP contribution in [0.1, 0.15) is 5.56 Å². The van der Waals surface area contributed by atoms with Gasteiger partial charge in [0.25, 0.3) is 0 Å². The van der Waals surface area contributed by atoms with Crippen LogP contribution in [0.5, 0.6) is 0 Å². The van der Waals surface area contributed by atoms with Crippen molar-refractivity contribution in [2.45, 2.75) is 6.92 Å². The molecule has 2 nitrogen and oxygen atoms in total. The summed E-state index contributed by atoms with van der Waals surface area (Å²) in [5.41, 5.74) is 1.87. The highest BCUT2D eigenvalue weighted by Gasteiger charge is 2.04. The first-order chi connectivity index (χ1) is 5.68. The lowest BCUT2D eigenvalue weighted by molar-refractivity contribution is 1.29. The van der Waals surface area contributed by atoms with Gasteiger partial charge in [0.1, 0.15) is 10.8 Å². The summed E-state index contributed by atoms with van der Waals surface area (Å²) in [5, 5.41) is 1.71. The maximum atomic E-state index is 5.86. The average molecular weight is 293 g/mol. The number of pyridine rings is 1. The van der Waals surface area contributed by atoms with E-state index in [9.17, 15) is 0 Å². The Hall–Kier alpha value is -0.290. The van der Waals surface area contributed by atoms with Gasteiger partial charge in [0.05, 0.1) is 0 Å². The number of nitrogens with one attached hydrogen (secondary N) is 1. The first-order valence-corrected chi connectivity index (χ1v) is 4.94. The molecule has 0 unspecified atom stereocenters. The zero-order chi connectivity index (χ0) is 8.72. The number of aromatic amines is 1. The van der Waals surface area contributed by atoms with Crippen molar-refractivity contribution in [3.8, 4) is 0 Å². The first kappa shape index (κ1) is 8.31. The van der Waals surface area contributed by atoms with E-state index in [1.807, 2.05) is 19.2 Å². The number of nitrogens with zero attached hydrogens (tertiary/aromatic N) is 1. The number of aryl methyl sites for hydroxylation is 1. The Bertz CT molecular complexity index is 436. The zero-order valence-corrected chi connectivity index (χ0v) is 9.27. The first-order valence-electron chi connectivity index (χ1n) is 3.48. The molecule has 0 saturated carbocycles. The summed E-state index contributed by atoms with van der Waals surface area (Å²) in [7, 11) is 0. The van der Waals surface area contributed by atoms with Crippen LogP contribution in [0.3, 0.4) is 0 Å².